The highest BCUT2D eigenvalue weighted by atomic mass is 16.1. The van der Waals surface area contributed by atoms with Gasteiger partial charge in [0.1, 0.15) is 0 Å². The van der Waals surface area contributed by atoms with Gasteiger partial charge in [0.15, 0.2) is 0 Å². The van der Waals surface area contributed by atoms with Crippen LogP contribution in [0.1, 0.15) is 50.1 Å². The number of nitrogens with two attached hydrogens (primary N) is 1. The topological polar surface area (TPSA) is 53.0 Å². The molecule has 2 aromatic rings. The van der Waals surface area contributed by atoms with Gasteiger partial charge in [-0.1, -0.05) is 31.7 Å². The summed E-state index contributed by atoms with van der Waals surface area (Å²) in [5, 5.41) is 0. The van der Waals surface area contributed by atoms with Crippen LogP contribution in [0.3, 0.4) is 0 Å². The van der Waals surface area contributed by atoms with Crippen LogP contribution in [0.2, 0.25) is 0 Å². The van der Waals surface area contributed by atoms with Crippen molar-refractivity contribution in [2.75, 3.05) is 0 Å². The minimum absolute atomic E-state index is 0.0154. The summed E-state index contributed by atoms with van der Waals surface area (Å²) in [7, 11) is 3.63. The number of hydrogen-bond donors (Lipinski definition) is 1. The molecule has 1 unspecified atom stereocenters. The van der Waals surface area contributed by atoms with E-state index in [-0.39, 0.29) is 11.7 Å². The number of hydrogen-bond acceptors (Lipinski definition) is 2. The maximum atomic E-state index is 12.0. The summed E-state index contributed by atoms with van der Waals surface area (Å²) >= 11 is 0. The molecule has 1 heterocycles. The number of benzene rings is 1. The highest BCUT2D eigenvalue weighted by Gasteiger charge is 2.17. The maximum absolute atomic E-state index is 12.0. The van der Waals surface area contributed by atoms with Crippen LogP contribution in [0.25, 0.3) is 11.0 Å². The van der Waals surface area contributed by atoms with Crippen molar-refractivity contribution in [2.24, 2.45) is 25.7 Å². The van der Waals surface area contributed by atoms with Crippen LogP contribution >= 0.6 is 0 Å². The standard InChI is InChI=1S/C17H25N3O/c1-19-15-10-8-13(11-16(15)20(2)17(19)21)14(18)9-7-12-5-3-4-6-12/h8,10-12,14H,3-7,9,18H2,1-2H3. The van der Waals surface area contributed by atoms with Gasteiger partial charge in [0.05, 0.1) is 11.0 Å². The van der Waals surface area contributed by atoms with E-state index in [1.807, 2.05) is 20.2 Å². The Morgan fingerprint density at radius 2 is 1.86 bits per heavy atom. The second-order valence-corrected chi connectivity index (χ2v) is 6.48. The van der Waals surface area contributed by atoms with Crippen LogP contribution in [0, 0.1) is 5.92 Å². The molecule has 1 aromatic heterocycles. The molecule has 2 N–H and O–H groups in total. The fraction of sp³-hybridized carbons (Fsp3) is 0.588. The van der Waals surface area contributed by atoms with Gasteiger partial charge in [-0.05, 0) is 36.5 Å². The fourth-order valence-corrected chi connectivity index (χ4v) is 3.64. The molecular formula is C17H25N3O. The molecule has 4 heteroatoms. The van der Waals surface area contributed by atoms with Gasteiger partial charge in [-0.15, -0.1) is 0 Å². The molecule has 3 rings (SSSR count). The molecule has 1 atom stereocenters. The van der Waals surface area contributed by atoms with Gasteiger partial charge < -0.3 is 5.73 Å². The zero-order valence-corrected chi connectivity index (χ0v) is 13.0. The monoisotopic (exact) mass is 287 g/mol. The average molecular weight is 287 g/mol. The summed E-state index contributed by atoms with van der Waals surface area (Å²) in [5.41, 5.74) is 9.46. The van der Waals surface area contributed by atoms with E-state index in [0.717, 1.165) is 28.9 Å². The van der Waals surface area contributed by atoms with Crippen LogP contribution in [0.4, 0.5) is 0 Å². The van der Waals surface area contributed by atoms with E-state index in [1.165, 1.54) is 32.1 Å². The van der Waals surface area contributed by atoms with Gasteiger partial charge in [0, 0.05) is 20.1 Å². The third-order valence-electron chi connectivity index (χ3n) is 5.08. The molecule has 21 heavy (non-hydrogen) atoms. The van der Waals surface area contributed by atoms with Gasteiger partial charge in [0.2, 0.25) is 0 Å². The molecule has 0 radical (unpaired) electrons. The Morgan fingerprint density at radius 3 is 2.57 bits per heavy atom. The lowest BCUT2D eigenvalue weighted by Crippen LogP contribution is -2.19. The molecule has 1 fully saturated rings. The normalized spacial score (nSPS) is 17.7. The number of aromatic nitrogens is 2. The molecule has 1 aromatic carbocycles. The minimum Gasteiger partial charge on any atom is -0.324 e. The van der Waals surface area contributed by atoms with Crippen LogP contribution in [-0.2, 0) is 14.1 Å². The first-order valence-electron chi connectivity index (χ1n) is 7.99. The Labute approximate surface area is 125 Å². The predicted octanol–water partition coefficient (Wildman–Crippen LogP) is 2.85. The van der Waals surface area contributed by atoms with Gasteiger partial charge in [-0.25, -0.2) is 4.79 Å². The predicted molar refractivity (Wildman–Crippen MR) is 86.3 cm³/mol. The van der Waals surface area contributed by atoms with E-state index in [4.69, 9.17) is 5.73 Å². The van der Waals surface area contributed by atoms with Crippen LogP contribution in [0.5, 0.6) is 0 Å². The van der Waals surface area contributed by atoms with E-state index in [0.29, 0.717) is 0 Å². The largest absolute Gasteiger partial charge is 0.328 e. The molecule has 0 saturated heterocycles. The SMILES string of the molecule is Cn1c(=O)n(C)c2cc(C(N)CCC3CCCC3)ccc21. The highest BCUT2D eigenvalue weighted by Crippen LogP contribution is 2.31. The lowest BCUT2D eigenvalue weighted by Gasteiger charge is -2.15. The molecule has 1 aliphatic carbocycles. The number of fused-ring (bicyclic) bond motifs is 1. The summed E-state index contributed by atoms with van der Waals surface area (Å²) in [6.07, 6.45) is 7.79. The Balaban J connectivity index is 1.79. The maximum Gasteiger partial charge on any atom is 0.328 e. The first-order valence-corrected chi connectivity index (χ1v) is 7.99. The van der Waals surface area contributed by atoms with Crippen molar-refractivity contribution in [1.82, 2.24) is 9.13 Å². The zero-order valence-electron chi connectivity index (χ0n) is 13.0. The first-order chi connectivity index (χ1) is 10.1. The first kappa shape index (κ1) is 14.4. The minimum atomic E-state index is 0.0154. The van der Waals surface area contributed by atoms with Crippen molar-refractivity contribution in [3.8, 4) is 0 Å². The molecule has 4 nitrogen and oxygen atoms in total. The van der Waals surface area contributed by atoms with Crippen molar-refractivity contribution < 1.29 is 0 Å². The van der Waals surface area contributed by atoms with E-state index in [2.05, 4.69) is 12.1 Å². The second kappa shape index (κ2) is 5.68. The van der Waals surface area contributed by atoms with E-state index >= 15 is 0 Å². The van der Waals surface area contributed by atoms with E-state index in [9.17, 15) is 4.79 Å². The second-order valence-electron chi connectivity index (χ2n) is 6.48. The fourth-order valence-electron chi connectivity index (χ4n) is 3.64. The summed E-state index contributed by atoms with van der Waals surface area (Å²) in [5.74, 6) is 0.876. The lowest BCUT2D eigenvalue weighted by atomic mass is 9.95. The third-order valence-corrected chi connectivity index (χ3v) is 5.08. The smallest absolute Gasteiger partial charge is 0.324 e. The Kier molecular flexibility index (Phi) is 3.89. The van der Waals surface area contributed by atoms with Crippen molar-refractivity contribution in [1.29, 1.82) is 0 Å². The van der Waals surface area contributed by atoms with Gasteiger partial charge >= 0.3 is 5.69 Å². The molecule has 0 amide bonds. The van der Waals surface area contributed by atoms with Crippen LogP contribution in [0.15, 0.2) is 23.0 Å². The Hall–Kier alpha value is -1.55. The number of rotatable bonds is 4. The van der Waals surface area contributed by atoms with Crippen molar-refractivity contribution in [3.05, 3.63) is 34.2 Å². The van der Waals surface area contributed by atoms with Gasteiger partial charge in [0.25, 0.3) is 0 Å². The van der Waals surface area contributed by atoms with Gasteiger partial charge in [-0.3, -0.25) is 9.13 Å². The molecule has 1 aliphatic rings. The van der Waals surface area contributed by atoms with E-state index < -0.39 is 0 Å². The molecule has 114 valence electrons. The summed E-state index contributed by atoms with van der Waals surface area (Å²) in [6, 6.07) is 6.24. The molecular weight excluding hydrogens is 262 g/mol. The van der Waals surface area contributed by atoms with Crippen LogP contribution < -0.4 is 11.4 Å². The van der Waals surface area contributed by atoms with Gasteiger partial charge in [-0.2, -0.15) is 0 Å². The zero-order chi connectivity index (χ0) is 15.0. The Bertz CT molecular complexity index is 692. The van der Waals surface area contributed by atoms with E-state index in [1.54, 1.807) is 9.13 Å². The summed E-state index contributed by atoms with van der Waals surface area (Å²) < 4.78 is 3.38. The average Bonchev–Trinajstić information content (AvgIpc) is 3.09. The number of aryl methyl sites for hydroxylation is 2. The lowest BCUT2D eigenvalue weighted by molar-refractivity contribution is 0.454. The quantitative estimate of drug-likeness (QED) is 0.940. The number of imidazole rings is 1. The number of nitrogens with zero attached hydrogens (tertiary/aromatic N) is 2. The molecule has 0 aliphatic heterocycles. The molecule has 0 spiro atoms. The highest BCUT2D eigenvalue weighted by molar-refractivity contribution is 5.77. The van der Waals surface area contributed by atoms with Crippen molar-refractivity contribution in [2.45, 2.75) is 44.6 Å². The molecule has 0 bridgehead atoms. The third kappa shape index (κ3) is 2.64. The van der Waals surface area contributed by atoms with Crippen molar-refractivity contribution >= 4 is 11.0 Å². The summed E-state index contributed by atoms with van der Waals surface area (Å²) in [6.45, 7) is 0. The molecule has 1 saturated carbocycles. The van der Waals surface area contributed by atoms with Crippen LogP contribution in [-0.4, -0.2) is 9.13 Å². The Morgan fingerprint density at radius 1 is 1.19 bits per heavy atom. The summed E-state index contributed by atoms with van der Waals surface area (Å²) in [4.78, 5) is 12.0. The van der Waals surface area contributed by atoms with Crippen molar-refractivity contribution in [3.63, 3.8) is 0 Å².